The Kier molecular flexibility index (Phi) is 29.2. The van der Waals surface area contributed by atoms with Gasteiger partial charge in [-0.15, -0.1) is 0 Å². The molecule has 0 atom stereocenters. The Morgan fingerprint density at radius 1 is 0.183 bits per heavy atom. The first-order chi connectivity index (χ1) is 55.1. The van der Waals surface area contributed by atoms with Crippen LogP contribution in [0, 0.1) is 35.5 Å². The lowest BCUT2D eigenvalue weighted by Crippen LogP contribution is -2.33. The number of carbonyl (C=O) groups excluding carboxylic acids is 12. The molecule has 7 rings (SSSR count). The monoisotopic (exact) mass is 1640 g/mol. The van der Waals surface area contributed by atoms with Crippen LogP contribution in [-0.4, -0.2) is 112 Å². The Hall–Kier alpha value is -9.84. The number of rotatable bonds is 24. The number of hydrogen-bond donors (Lipinski definition) is 0. The van der Waals surface area contributed by atoms with Gasteiger partial charge < -0.3 is 28.4 Å². The number of methoxy groups -OCH3 is 6. The highest BCUT2D eigenvalue weighted by Crippen LogP contribution is 2.60. The van der Waals surface area contributed by atoms with Crippen molar-refractivity contribution in [3.63, 3.8) is 0 Å². The van der Waals surface area contributed by atoms with Crippen LogP contribution in [0.4, 0.5) is 0 Å². The first-order valence-corrected chi connectivity index (χ1v) is 41.5. The third kappa shape index (κ3) is 19.2. The molecule has 0 radical (unpaired) electrons. The van der Waals surface area contributed by atoms with Crippen molar-refractivity contribution in [1.29, 1.82) is 0 Å². The van der Waals surface area contributed by atoms with E-state index in [0.29, 0.717) is 33.4 Å². The van der Waals surface area contributed by atoms with E-state index >= 15 is 57.5 Å². The zero-order valence-electron chi connectivity index (χ0n) is 78.2. The fraction of sp³-hybridized carbons (Fsp3) is 0.529. The van der Waals surface area contributed by atoms with Gasteiger partial charge in [-0.25, -0.2) is 0 Å². The minimum atomic E-state index is -1.61. The van der Waals surface area contributed by atoms with Gasteiger partial charge in [0.25, 0.3) is 0 Å². The van der Waals surface area contributed by atoms with Gasteiger partial charge in [0.15, 0.2) is 0 Å². The minimum Gasteiger partial charge on any atom is -0.496 e. The van der Waals surface area contributed by atoms with Gasteiger partial charge in [0.2, 0.25) is 0 Å². The minimum absolute atomic E-state index is 0.0143. The lowest BCUT2D eigenvalue weighted by molar-refractivity contribution is -0.132. The average Bonchev–Trinajstić information content (AvgIpc) is 0.725. The van der Waals surface area contributed by atoms with E-state index in [2.05, 4.69) is 0 Å². The van der Waals surface area contributed by atoms with E-state index in [0.717, 1.165) is 0 Å². The van der Waals surface area contributed by atoms with Crippen molar-refractivity contribution in [3.05, 3.63) is 173 Å². The second-order valence-corrected chi connectivity index (χ2v) is 39.7. The molecule has 18 nitrogen and oxygen atoms in total. The topological polar surface area (TPSA) is 260 Å². The molecule has 0 saturated carbocycles. The van der Waals surface area contributed by atoms with E-state index < -0.39 is 173 Å². The highest BCUT2D eigenvalue weighted by Gasteiger charge is 2.50. The van der Waals surface area contributed by atoms with Crippen LogP contribution in [0.15, 0.2) is 72.8 Å². The molecule has 0 saturated heterocycles. The summed E-state index contributed by atoms with van der Waals surface area (Å²) in [6, 6.07) is 22.2. The summed E-state index contributed by atoms with van der Waals surface area (Å²) in [4.78, 5) is 186. The van der Waals surface area contributed by atoms with Gasteiger partial charge in [-0.05, 0) is 149 Å². The molecule has 648 valence electrons. The molecule has 0 spiro atoms. The molecular weight excluding hydrogens is 1510 g/mol. The Bertz CT molecular complexity index is 4050. The Morgan fingerprint density at radius 3 is 0.308 bits per heavy atom. The summed E-state index contributed by atoms with van der Waals surface area (Å²) in [5.74, 6) is -25.5. The molecular formula is C102H132O18. The molecule has 120 heavy (non-hydrogen) atoms. The highest BCUT2D eigenvalue weighted by molar-refractivity contribution is 6.07. The number of hydrogen-bond acceptors (Lipinski definition) is 18. The van der Waals surface area contributed by atoms with E-state index in [4.69, 9.17) is 28.4 Å². The van der Waals surface area contributed by atoms with Crippen LogP contribution in [0.25, 0.3) is 0 Å². The van der Waals surface area contributed by atoms with Gasteiger partial charge in [0, 0.05) is 102 Å². The van der Waals surface area contributed by atoms with Crippen LogP contribution in [0.1, 0.15) is 343 Å². The summed E-state index contributed by atoms with van der Waals surface area (Å²) in [6.45, 7) is 51.1. The molecule has 0 aromatic heterocycles. The Labute approximate surface area is 712 Å². The summed E-state index contributed by atoms with van der Waals surface area (Å²) in [5.41, 5.74) is 0.602. The second kappa shape index (κ2) is 36.1. The molecule has 0 unspecified atom stereocenters. The predicted octanol–water partition coefficient (Wildman–Crippen LogP) is 19.4. The average molecular weight is 1650 g/mol. The molecule has 1 aliphatic carbocycles. The van der Waals surface area contributed by atoms with Crippen molar-refractivity contribution in [3.8, 4) is 34.5 Å². The molecule has 0 fully saturated rings. The quantitative estimate of drug-likeness (QED) is 0.0510. The molecule has 0 heterocycles. The Balaban J connectivity index is 2.20. The van der Waals surface area contributed by atoms with Gasteiger partial charge in [-0.3, -0.25) is 57.5 Å². The van der Waals surface area contributed by atoms with Gasteiger partial charge in [0.1, 0.15) is 104 Å². The van der Waals surface area contributed by atoms with E-state index in [1.54, 1.807) is 0 Å². The molecule has 0 amide bonds. The molecule has 6 aromatic rings. The summed E-state index contributed by atoms with van der Waals surface area (Å²) in [5, 5.41) is 0. The maximum atomic E-state index is 15.5. The van der Waals surface area contributed by atoms with Crippen LogP contribution < -0.4 is 28.4 Å². The van der Waals surface area contributed by atoms with E-state index in [9.17, 15) is 0 Å². The first kappa shape index (κ1) is 97.3. The standard InChI is InChI=1S/C102H132O18/c1-49(103)79(50(2)104)85-67-37-61(97(13,14)15)39-69(91(67)115-31)86(80(51(3)105)52(4)106)71-41-63(99(19,20)21)43-73(93(71)117-33)88(82(55(7)109)56(8)110)75-45-65(101(25,26)27)47-77(95(75)119-35)90(84(59(11)113)60(12)114)78-48-66(102(28,29)30)46-76(96(78)120-36)89(83(57(9)111)58(10)112)74-44-64(100(22,23)24)42-72(94(74)118-34)87(81(53(5)107)54(6)108)70-40-62(98(16,17)18)38-68(85)92(70)116-32/h37-48,79-90H,1-36H3. The van der Waals surface area contributed by atoms with Crippen molar-refractivity contribution in [1.82, 2.24) is 0 Å². The number of Topliss-reactive ketones (excluding diaryl/α,β-unsaturated/α-hetero) is 12. The fourth-order valence-electron chi connectivity index (χ4n) is 18.5. The fourth-order valence-corrected chi connectivity index (χ4v) is 18.5. The third-order valence-corrected chi connectivity index (χ3v) is 24.6. The van der Waals surface area contributed by atoms with Crippen LogP contribution in [0.5, 0.6) is 34.5 Å². The largest absolute Gasteiger partial charge is 0.496 e. The van der Waals surface area contributed by atoms with Crippen molar-refractivity contribution in [2.24, 2.45) is 35.5 Å². The summed E-state index contributed by atoms with van der Waals surface area (Å²) in [6.07, 6.45) is 0. The summed E-state index contributed by atoms with van der Waals surface area (Å²) in [7, 11) is 8.49. The van der Waals surface area contributed by atoms with Crippen LogP contribution in [0.3, 0.4) is 0 Å². The van der Waals surface area contributed by atoms with E-state index in [1.807, 2.05) is 197 Å². The van der Waals surface area contributed by atoms with Gasteiger partial charge in [-0.2, -0.15) is 0 Å². The maximum Gasteiger partial charge on any atom is 0.141 e. The predicted molar refractivity (Wildman–Crippen MR) is 470 cm³/mol. The zero-order chi connectivity index (χ0) is 91.4. The number of benzene rings is 6. The number of fused-ring (bicyclic) bond motifs is 12. The van der Waals surface area contributed by atoms with Crippen LogP contribution in [-0.2, 0) is 90.0 Å². The molecule has 12 bridgehead atoms. The molecule has 18 heteroatoms. The maximum absolute atomic E-state index is 15.5. The number of ketones is 12. The lowest BCUT2D eigenvalue weighted by atomic mass is 9.66. The van der Waals surface area contributed by atoms with Crippen molar-refractivity contribution in [2.45, 2.75) is 276 Å². The summed E-state index contributed by atoms with van der Waals surface area (Å²) >= 11 is 0. The lowest BCUT2D eigenvalue weighted by Gasteiger charge is -2.38. The van der Waals surface area contributed by atoms with Crippen molar-refractivity contribution < 1.29 is 86.0 Å². The zero-order valence-corrected chi connectivity index (χ0v) is 78.2. The molecule has 0 aliphatic heterocycles. The first-order valence-electron chi connectivity index (χ1n) is 41.5. The second-order valence-electron chi connectivity index (χ2n) is 39.7. The molecule has 0 N–H and O–H groups in total. The van der Waals surface area contributed by atoms with Gasteiger partial charge in [-0.1, -0.05) is 197 Å². The van der Waals surface area contributed by atoms with Crippen molar-refractivity contribution >= 4 is 69.4 Å². The normalized spacial score (nSPS) is 16.9. The number of ether oxygens (including phenoxy) is 6. The van der Waals surface area contributed by atoms with E-state index in [1.165, 1.54) is 126 Å². The smallest absolute Gasteiger partial charge is 0.141 e. The van der Waals surface area contributed by atoms with Gasteiger partial charge >= 0.3 is 0 Å². The van der Waals surface area contributed by atoms with Gasteiger partial charge in [0.05, 0.1) is 78.2 Å². The number of carbonyl (C=O) groups is 12. The Morgan fingerprint density at radius 2 is 0.258 bits per heavy atom. The third-order valence-electron chi connectivity index (χ3n) is 24.6. The van der Waals surface area contributed by atoms with Crippen LogP contribution in [0.2, 0.25) is 0 Å². The van der Waals surface area contributed by atoms with E-state index in [-0.39, 0.29) is 101 Å². The molecule has 6 aromatic carbocycles. The van der Waals surface area contributed by atoms with Crippen molar-refractivity contribution in [2.75, 3.05) is 42.7 Å². The SMILES string of the molecule is COc1c2cc(C(C)(C)C)cc1C(C(C(C)=O)C(C)=O)c1cc(C(C)(C)C)cc(c1OC)C(C(C(C)=O)C(C)=O)c1cc(C(C)(C)C)cc(c1OC)C(C(C(C)=O)C(C)=O)c1cc(C(C)(C)C)cc(c1OC)C(C(C(C)=O)C(C)=O)c1cc(C(C)(C)C)cc(c1OC)C(C(C(C)=O)C(C)=O)c1cc(C(C)(C)C)cc(c1OC)C2C(C(C)=O)C(C)=O. The summed E-state index contributed by atoms with van der Waals surface area (Å²) < 4.78 is 41.8. The highest BCUT2D eigenvalue weighted by atomic mass is 16.5. The van der Waals surface area contributed by atoms with Crippen LogP contribution >= 0.6 is 0 Å². The molecule has 1 aliphatic rings.